The molecule has 1 atom stereocenters. The van der Waals surface area contributed by atoms with Gasteiger partial charge in [0.1, 0.15) is 17.2 Å². The van der Waals surface area contributed by atoms with Gasteiger partial charge in [-0.2, -0.15) is 0 Å². The molecular formula is C22H25ClN2O5. The van der Waals surface area contributed by atoms with Crippen molar-refractivity contribution in [2.45, 2.75) is 13.0 Å². The fourth-order valence-corrected chi connectivity index (χ4v) is 3.77. The van der Waals surface area contributed by atoms with E-state index in [1.807, 2.05) is 12.1 Å². The van der Waals surface area contributed by atoms with E-state index in [-0.39, 0.29) is 24.8 Å². The third-order valence-electron chi connectivity index (χ3n) is 5.18. The standard InChI is InChI=1S/C22H25ClN2O5/c1-24(12-14-5-7-17(28-2)11-20(14)30-4)22(27)15-9-21(26)25(13-15)18-10-16(23)6-8-19(18)29-3/h5-8,10-11,15H,9,12-13H2,1-4H3/t15-/m0/s1. The lowest BCUT2D eigenvalue weighted by molar-refractivity contribution is -0.135. The number of methoxy groups -OCH3 is 3. The summed E-state index contributed by atoms with van der Waals surface area (Å²) in [6.45, 7) is 0.635. The maximum absolute atomic E-state index is 13.0. The highest BCUT2D eigenvalue weighted by Crippen LogP contribution is 2.36. The number of nitrogens with zero attached hydrogens (tertiary/aromatic N) is 2. The molecular weight excluding hydrogens is 408 g/mol. The number of carbonyl (C=O) groups excluding carboxylic acids is 2. The van der Waals surface area contributed by atoms with Crippen molar-refractivity contribution in [2.24, 2.45) is 5.92 Å². The van der Waals surface area contributed by atoms with Gasteiger partial charge in [-0.25, -0.2) is 0 Å². The number of carbonyl (C=O) groups is 2. The molecule has 7 nitrogen and oxygen atoms in total. The van der Waals surface area contributed by atoms with Gasteiger partial charge in [-0.05, 0) is 30.3 Å². The zero-order valence-electron chi connectivity index (χ0n) is 17.5. The van der Waals surface area contributed by atoms with Crippen LogP contribution in [0.15, 0.2) is 36.4 Å². The number of ether oxygens (including phenoxy) is 3. The SMILES string of the molecule is COc1ccc(CN(C)C(=O)[C@H]2CC(=O)N(c3cc(Cl)ccc3OC)C2)c(OC)c1. The average Bonchev–Trinajstić information content (AvgIpc) is 3.14. The average molecular weight is 433 g/mol. The molecule has 0 unspecified atom stereocenters. The summed E-state index contributed by atoms with van der Waals surface area (Å²) in [7, 11) is 6.42. The van der Waals surface area contributed by atoms with E-state index in [4.69, 9.17) is 25.8 Å². The predicted octanol–water partition coefficient (Wildman–Crippen LogP) is 3.38. The van der Waals surface area contributed by atoms with Gasteiger partial charge in [-0.3, -0.25) is 9.59 Å². The van der Waals surface area contributed by atoms with Gasteiger partial charge in [-0.15, -0.1) is 0 Å². The molecule has 0 saturated carbocycles. The first kappa shape index (κ1) is 21.8. The maximum atomic E-state index is 13.0. The van der Waals surface area contributed by atoms with Gasteiger partial charge in [0.15, 0.2) is 0 Å². The van der Waals surface area contributed by atoms with E-state index in [0.717, 1.165) is 5.56 Å². The van der Waals surface area contributed by atoms with E-state index in [9.17, 15) is 9.59 Å². The van der Waals surface area contributed by atoms with Crippen molar-refractivity contribution < 1.29 is 23.8 Å². The number of hydrogen-bond donors (Lipinski definition) is 0. The van der Waals surface area contributed by atoms with E-state index in [1.54, 1.807) is 55.3 Å². The second kappa shape index (κ2) is 9.26. The van der Waals surface area contributed by atoms with Crippen molar-refractivity contribution in [1.82, 2.24) is 4.90 Å². The summed E-state index contributed by atoms with van der Waals surface area (Å²) in [6, 6.07) is 10.6. The van der Waals surface area contributed by atoms with Gasteiger partial charge in [0, 0.05) is 43.2 Å². The molecule has 1 aliphatic heterocycles. The van der Waals surface area contributed by atoms with Crippen LogP contribution in [0.25, 0.3) is 0 Å². The Morgan fingerprint density at radius 1 is 1.10 bits per heavy atom. The van der Waals surface area contributed by atoms with Gasteiger partial charge in [-0.1, -0.05) is 11.6 Å². The van der Waals surface area contributed by atoms with Crippen molar-refractivity contribution in [1.29, 1.82) is 0 Å². The monoisotopic (exact) mass is 432 g/mol. The molecule has 2 aromatic rings. The van der Waals surface area contributed by atoms with Crippen LogP contribution in [0, 0.1) is 5.92 Å². The zero-order valence-corrected chi connectivity index (χ0v) is 18.2. The first-order chi connectivity index (χ1) is 14.4. The molecule has 1 saturated heterocycles. The lowest BCUT2D eigenvalue weighted by atomic mass is 10.1. The second-order valence-corrected chi connectivity index (χ2v) is 7.53. The van der Waals surface area contributed by atoms with Crippen LogP contribution in [0.5, 0.6) is 17.2 Å². The van der Waals surface area contributed by atoms with Crippen LogP contribution >= 0.6 is 11.6 Å². The summed E-state index contributed by atoms with van der Waals surface area (Å²) in [5, 5.41) is 0.497. The molecule has 2 amide bonds. The second-order valence-electron chi connectivity index (χ2n) is 7.09. The van der Waals surface area contributed by atoms with Gasteiger partial charge >= 0.3 is 0 Å². The van der Waals surface area contributed by atoms with Crippen molar-refractivity contribution in [2.75, 3.05) is 39.8 Å². The summed E-state index contributed by atoms with van der Waals surface area (Å²) in [6.07, 6.45) is 0.137. The Bertz CT molecular complexity index is 949. The van der Waals surface area contributed by atoms with Gasteiger partial charge < -0.3 is 24.0 Å². The van der Waals surface area contributed by atoms with Crippen LogP contribution in [0.1, 0.15) is 12.0 Å². The molecule has 1 heterocycles. The Morgan fingerprint density at radius 3 is 2.50 bits per heavy atom. The van der Waals surface area contributed by atoms with E-state index in [2.05, 4.69) is 0 Å². The van der Waals surface area contributed by atoms with Crippen LogP contribution in [0.3, 0.4) is 0 Å². The van der Waals surface area contributed by atoms with Crippen LogP contribution < -0.4 is 19.1 Å². The predicted molar refractivity (Wildman–Crippen MR) is 114 cm³/mol. The Labute approximate surface area is 181 Å². The van der Waals surface area contributed by atoms with E-state index in [1.165, 1.54) is 7.11 Å². The van der Waals surface area contributed by atoms with Gasteiger partial charge in [0.2, 0.25) is 11.8 Å². The van der Waals surface area contributed by atoms with Gasteiger partial charge in [0.05, 0.1) is 32.9 Å². The van der Waals surface area contributed by atoms with Crippen LogP contribution in [-0.2, 0) is 16.1 Å². The smallest absolute Gasteiger partial charge is 0.228 e. The minimum atomic E-state index is -0.449. The minimum Gasteiger partial charge on any atom is -0.497 e. The number of halogens is 1. The number of amides is 2. The number of hydrogen-bond acceptors (Lipinski definition) is 5. The molecule has 1 aliphatic rings. The molecule has 0 aliphatic carbocycles. The van der Waals surface area contributed by atoms with Crippen LogP contribution in [-0.4, -0.2) is 51.6 Å². The Morgan fingerprint density at radius 2 is 1.83 bits per heavy atom. The highest BCUT2D eigenvalue weighted by atomic mass is 35.5. The lowest BCUT2D eigenvalue weighted by Gasteiger charge is -2.23. The first-order valence-electron chi connectivity index (χ1n) is 9.47. The number of benzene rings is 2. The van der Waals surface area contributed by atoms with E-state index >= 15 is 0 Å². The highest BCUT2D eigenvalue weighted by molar-refractivity contribution is 6.31. The van der Waals surface area contributed by atoms with Crippen LogP contribution in [0.4, 0.5) is 5.69 Å². The molecule has 160 valence electrons. The molecule has 0 bridgehead atoms. The Balaban J connectivity index is 1.74. The fraction of sp³-hybridized carbons (Fsp3) is 0.364. The van der Waals surface area contributed by atoms with Crippen molar-refractivity contribution in [3.8, 4) is 17.2 Å². The van der Waals surface area contributed by atoms with E-state index in [0.29, 0.717) is 34.5 Å². The van der Waals surface area contributed by atoms with Crippen LogP contribution in [0.2, 0.25) is 5.02 Å². The molecule has 2 aromatic carbocycles. The first-order valence-corrected chi connectivity index (χ1v) is 9.85. The molecule has 8 heteroatoms. The highest BCUT2D eigenvalue weighted by Gasteiger charge is 2.37. The molecule has 0 spiro atoms. The maximum Gasteiger partial charge on any atom is 0.228 e. The summed E-state index contributed by atoms with van der Waals surface area (Å²) < 4.78 is 16.0. The summed E-state index contributed by atoms with van der Waals surface area (Å²) in [5.74, 6) is 1.17. The quantitative estimate of drug-likeness (QED) is 0.671. The molecule has 3 rings (SSSR count). The molecule has 0 N–H and O–H groups in total. The van der Waals surface area contributed by atoms with Crippen molar-refractivity contribution in [3.63, 3.8) is 0 Å². The number of anilines is 1. The molecule has 0 radical (unpaired) electrons. The summed E-state index contributed by atoms with van der Waals surface area (Å²) >= 11 is 6.10. The normalized spacial score (nSPS) is 15.8. The largest absolute Gasteiger partial charge is 0.497 e. The van der Waals surface area contributed by atoms with Crippen molar-refractivity contribution in [3.05, 3.63) is 47.0 Å². The zero-order chi connectivity index (χ0) is 21.8. The molecule has 1 fully saturated rings. The summed E-state index contributed by atoms with van der Waals surface area (Å²) in [4.78, 5) is 28.9. The Hall–Kier alpha value is -2.93. The van der Waals surface area contributed by atoms with Gasteiger partial charge in [0.25, 0.3) is 0 Å². The third kappa shape index (κ3) is 4.46. The fourth-order valence-electron chi connectivity index (χ4n) is 3.61. The molecule has 30 heavy (non-hydrogen) atoms. The number of rotatable bonds is 7. The topological polar surface area (TPSA) is 68.3 Å². The summed E-state index contributed by atoms with van der Waals surface area (Å²) in [5.41, 5.74) is 1.43. The Kier molecular flexibility index (Phi) is 6.72. The third-order valence-corrected chi connectivity index (χ3v) is 5.42. The minimum absolute atomic E-state index is 0.107. The van der Waals surface area contributed by atoms with E-state index < -0.39 is 5.92 Å². The van der Waals surface area contributed by atoms with Crippen molar-refractivity contribution >= 4 is 29.1 Å². The molecule has 0 aromatic heterocycles. The lowest BCUT2D eigenvalue weighted by Crippen LogP contribution is -2.34.